The number of ether oxygens (including phenoxy) is 2. The fraction of sp³-hybridized carbons (Fsp3) is 0.600. The topological polar surface area (TPSA) is 47.7 Å². The van der Waals surface area contributed by atoms with E-state index in [1.165, 1.54) is 5.56 Å². The molecule has 19 heavy (non-hydrogen) atoms. The third-order valence-electron chi connectivity index (χ3n) is 3.13. The van der Waals surface area contributed by atoms with Crippen LogP contribution in [0.3, 0.4) is 0 Å². The summed E-state index contributed by atoms with van der Waals surface area (Å²) in [5.74, 6) is 0.939. The van der Waals surface area contributed by atoms with Crippen LogP contribution < -0.4 is 10.5 Å². The number of para-hydroxylation sites is 1. The minimum Gasteiger partial charge on any atom is -0.496 e. The molecular formula is C15H26N2O2. The van der Waals surface area contributed by atoms with E-state index < -0.39 is 0 Å². The predicted molar refractivity (Wildman–Crippen MR) is 78.4 cm³/mol. The molecule has 0 radical (unpaired) electrons. The highest BCUT2D eigenvalue weighted by Crippen LogP contribution is 2.18. The van der Waals surface area contributed by atoms with Gasteiger partial charge in [0.1, 0.15) is 5.75 Å². The Bertz CT molecular complexity index is 358. The number of nitrogens with two attached hydrogens (primary N) is 1. The van der Waals surface area contributed by atoms with E-state index in [4.69, 9.17) is 15.2 Å². The highest BCUT2D eigenvalue weighted by atomic mass is 16.5. The fourth-order valence-electron chi connectivity index (χ4n) is 2.07. The monoisotopic (exact) mass is 266 g/mol. The lowest BCUT2D eigenvalue weighted by atomic mass is 10.1. The molecule has 2 N–H and O–H groups in total. The highest BCUT2D eigenvalue weighted by molar-refractivity contribution is 5.32. The van der Waals surface area contributed by atoms with Crippen molar-refractivity contribution in [3.8, 4) is 5.75 Å². The second kappa shape index (κ2) is 8.91. The average Bonchev–Trinajstić information content (AvgIpc) is 2.44. The fourth-order valence-corrected chi connectivity index (χ4v) is 2.07. The van der Waals surface area contributed by atoms with Crippen LogP contribution in [0.25, 0.3) is 0 Å². The Hall–Kier alpha value is -1.10. The summed E-state index contributed by atoms with van der Waals surface area (Å²) in [7, 11) is 3.81. The summed E-state index contributed by atoms with van der Waals surface area (Å²) in [4.78, 5) is 2.26. The number of benzene rings is 1. The number of hydrogen-bond donors (Lipinski definition) is 1. The Morgan fingerprint density at radius 1 is 1.32 bits per heavy atom. The molecule has 0 aliphatic rings. The van der Waals surface area contributed by atoms with Crippen molar-refractivity contribution >= 4 is 0 Å². The lowest BCUT2D eigenvalue weighted by molar-refractivity contribution is 0.0558. The van der Waals surface area contributed by atoms with Crippen molar-refractivity contribution in [3.05, 3.63) is 29.8 Å². The van der Waals surface area contributed by atoms with Gasteiger partial charge in [0, 0.05) is 31.8 Å². The standard InChI is InChI=1S/C15H26N2O2/c1-4-19-14(11-16)9-10-17(2)12-13-7-5-6-8-15(13)18-3/h5-8,14H,4,9-12,16H2,1-3H3. The Kier molecular flexibility index (Phi) is 7.48. The van der Waals surface area contributed by atoms with Gasteiger partial charge in [-0.25, -0.2) is 0 Å². The number of rotatable bonds is 9. The molecule has 1 unspecified atom stereocenters. The molecule has 0 saturated heterocycles. The summed E-state index contributed by atoms with van der Waals surface area (Å²) >= 11 is 0. The molecule has 1 atom stereocenters. The van der Waals surface area contributed by atoms with Gasteiger partial charge in [0.2, 0.25) is 0 Å². The molecule has 108 valence electrons. The van der Waals surface area contributed by atoms with Crippen LogP contribution in [0.15, 0.2) is 24.3 Å². The van der Waals surface area contributed by atoms with E-state index in [0.717, 1.165) is 31.9 Å². The molecule has 0 aliphatic carbocycles. The van der Waals surface area contributed by atoms with Gasteiger partial charge in [0.25, 0.3) is 0 Å². The maximum atomic E-state index is 5.68. The summed E-state index contributed by atoms with van der Waals surface area (Å²) in [6, 6.07) is 8.11. The first-order valence-corrected chi connectivity index (χ1v) is 6.83. The van der Waals surface area contributed by atoms with Gasteiger partial charge in [0.05, 0.1) is 13.2 Å². The summed E-state index contributed by atoms with van der Waals surface area (Å²) in [5, 5.41) is 0. The second-order valence-corrected chi connectivity index (χ2v) is 4.65. The van der Waals surface area contributed by atoms with E-state index in [1.807, 2.05) is 25.1 Å². The molecular weight excluding hydrogens is 240 g/mol. The molecule has 0 aliphatic heterocycles. The van der Waals surface area contributed by atoms with Crippen LogP contribution >= 0.6 is 0 Å². The Balaban J connectivity index is 2.44. The van der Waals surface area contributed by atoms with Crippen molar-refractivity contribution in [2.24, 2.45) is 5.73 Å². The van der Waals surface area contributed by atoms with Gasteiger partial charge >= 0.3 is 0 Å². The third-order valence-corrected chi connectivity index (χ3v) is 3.13. The Labute approximate surface area is 116 Å². The molecule has 4 nitrogen and oxygen atoms in total. The van der Waals surface area contributed by atoms with E-state index in [1.54, 1.807) is 7.11 Å². The molecule has 4 heteroatoms. The highest BCUT2D eigenvalue weighted by Gasteiger charge is 2.09. The normalized spacial score (nSPS) is 12.7. The summed E-state index contributed by atoms with van der Waals surface area (Å²) in [6.45, 7) is 5.13. The van der Waals surface area contributed by atoms with Gasteiger partial charge in [0.15, 0.2) is 0 Å². The maximum Gasteiger partial charge on any atom is 0.123 e. The number of nitrogens with zero attached hydrogens (tertiary/aromatic N) is 1. The van der Waals surface area contributed by atoms with Crippen LogP contribution in [-0.2, 0) is 11.3 Å². The van der Waals surface area contributed by atoms with Crippen molar-refractivity contribution in [2.75, 3.05) is 33.9 Å². The van der Waals surface area contributed by atoms with E-state index >= 15 is 0 Å². The van der Waals surface area contributed by atoms with Crippen molar-refractivity contribution in [1.29, 1.82) is 0 Å². The molecule has 1 aromatic carbocycles. The molecule has 0 heterocycles. The average molecular weight is 266 g/mol. The van der Waals surface area contributed by atoms with E-state index in [9.17, 15) is 0 Å². The summed E-state index contributed by atoms with van der Waals surface area (Å²) in [5.41, 5.74) is 6.88. The van der Waals surface area contributed by atoms with Crippen LogP contribution in [-0.4, -0.2) is 44.9 Å². The van der Waals surface area contributed by atoms with Gasteiger partial charge in [-0.05, 0) is 26.5 Å². The lowest BCUT2D eigenvalue weighted by Crippen LogP contribution is -2.29. The first-order valence-electron chi connectivity index (χ1n) is 6.83. The van der Waals surface area contributed by atoms with Gasteiger partial charge in [-0.1, -0.05) is 18.2 Å². The minimum atomic E-state index is 0.158. The molecule has 0 fully saturated rings. The number of methoxy groups -OCH3 is 1. The second-order valence-electron chi connectivity index (χ2n) is 4.65. The molecule has 1 aromatic rings. The van der Waals surface area contributed by atoms with Crippen molar-refractivity contribution in [2.45, 2.75) is 26.0 Å². The Morgan fingerprint density at radius 3 is 2.68 bits per heavy atom. The van der Waals surface area contributed by atoms with Gasteiger partial charge in [-0.3, -0.25) is 0 Å². The largest absolute Gasteiger partial charge is 0.496 e. The Morgan fingerprint density at radius 2 is 2.05 bits per heavy atom. The molecule has 0 spiro atoms. The number of hydrogen-bond acceptors (Lipinski definition) is 4. The van der Waals surface area contributed by atoms with Crippen LogP contribution in [0, 0.1) is 0 Å². The van der Waals surface area contributed by atoms with Crippen LogP contribution in [0.4, 0.5) is 0 Å². The van der Waals surface area contributed by atoms with Crippen molar-refractivity contribution in [3.63, 3.8) is 0 Å². The quantitative estimate of drug-likeness (QED) is 0.741. The summed E-state index contributed by atoms with van der Waals surface area (Å²) in [6.07, 6.45) is 1.11. The zero-order chi connectivity index (χ0) is 14.1. The van der Waals surface area contributed by atoms with E-state index in [2.05, 4.69) is 18.0 Å². The third kappa shape index (κ3) is 5.59. The van der Waals surface area contributed by atoms with E-state index in [0.29, 0.717) is 6.54 Å². The molecule has 1 rings (SSSR count). The molecule has 0 bridgehead atoms. The molecule has 0 aromatic heterocycles. The van der Waals surface area contributed by atoms with Crippen molar-refractivity contribution < 1.29 is 9.47 Å². The zero-order valence-electron chi connectivity index (χ0n) is 12.3. The maximum absolute atomic E-state index is 5.68. The molecule has 0 saturated carbocycles. The molecule has 0 amide bonds. The van der Waals surface area contributed by atoms with Crippen LogP contribution in [0.2, 0.25) is 0 Å². The first kappa shape index (κ1) is 16.0. The zero-order valence-corrected chi connectivity index (χ0v) is 12.3. The van der Waals surface area contributed by atoms with Gasteiger partial charge in [-0.2, -0.15) is 0 Å². The van der Waals surface area contributed by atoms with Crippen LogP contribution in [0.5, 0.6) is 5.75 Å². The smallest absolute Gasteiger partial charge is 0.123 e. The predicted octanol–water partition coefficient (Wildman–Crippen LogP) is 1.88. The SMILES string of the molecule is CCOC(CN)CCN(C)Cc1ccccc1OC. The summed E-state index contributed by atoms with van der Waals surface area (Å²) < 4.78 is 10.9. The van der Waals surface area contributed by atoms with E-state index in [-0.39, 0.29) is 6.10 Å². The van der Waals surface area contributed by atoms with Gasteiger partial charge in [-0.15, -0.1) is 0 Å². The van der Waals surface area contributed by atoms with Gasteiger partial charge < -0.3 is 20.1 Å². The van der Waals surface area contributed by atoms with Crippen molar-refractivity contribution in [1.82, 2.24) is 4.90 Å². The lowest BCUT2D eigenvalue weighted by Gasteiger charge is -2.21. The van der Waals surface area contributed by atoms with Crippen LogP contribution in [0.1, 0.15) is 18.9 Å². The first-order chi connectivity index (χ1) is 9.21. The minimum absolute atomic E-state index is 0.158.